The van der Waals surface area contributed by atoms with E-state index in [0.29, 0.717) is 34.7 Å². The summed E-state index contributed by atoms with van der Waals surface area (Å²) in [6.07, 6.45) is 5.97. The van der Waals surface area contributed by atoms with E-state index in [9.17, 15) is 14.9 Å². The van der Waals surface area contributed by atoms with Crippen LogP contribution in [0.3, 0.4) is 0 Å². The Hall–Kier alpha value is -3.18. The Bertz CT molecular complexity index is 1240. The van der Waals surface area contributed by atoms with E-state index in [4.69, 9.17) is 0 Å². The molecule has 1 aliphatic rings. The Kier molecular flexibility index (Phi) is 6.28. The monoisotopic (exact) mass is 447 g/mol. The predicted molar refractivity (Wildman–Crippen MR) is 125 cm³/mol. The Morgan fingerprint density at radius 2 is 1.97 bits per heavy atom. The Labute approximate surface area is 190 Å². The van der Waals surface area contributed by atoms with E-state index in [1.165, 1.54) is 16.3 Å². The van der Waals surface area contributed by atoms with Gasteiger partial charge in [-0.2, -0.15) is 5.26 Å². The van der Waals surface area contributed by atoms with Crippen LogP contribution >= 0.6 is 11.8 Å². The van der Waals surface area contributed by atoms with Gasteiger partial charge in [-0.15, -0.1) is 0 Å². The maximum Gasteiger partial charge on any atom is 0.267 e. The summed E-state index contributed by atoms with van der Waals surface area (Å²) in [5.74, 6) is 0.221. The number of pyridine rings is 1. The van der Waals surface area contributed by atoms with Crippen molar-refractivity contribution in [2.45, 2.75) is 61.9 Å². The van der Waals surface area contributed by atoms with Gasteiger partial charge in [0.05, 0.1) is 22.2 Å². The van der Waals surface area contributed by atoms with Crippen LogP contribution in [0.2, 0.25) is 0 Å². The molecule has 164 valence electrons. The van der Waals surface area contributed by atoms with Crippen molar-refractivity contribution in [3.05, 3.63) is 58.5 Å². The van der Waals surface area contributed by atoms with E-state index in [-0.39, 0.29) is 11.5 Å². The van der Waals surface area contributed by atoms with Crippen molar-refractivity contribution in [3.8, 4) is 11.9 Å². The summed E-state index contributed by atoms with van der Waals surface area (Å²) in [6, 6.07) is 13.1. The second-order valence-corrected chi connectivity index (χ2v) is 9.56. The van der Waals surface area contributed by atoms with Crippen LogP contribution in [0.25, 0.3) is 16.7 Å². The molecule has 2 aromatic heterocycles. The molecule has 0 radical (unpaired) electrons. The molecule has 1 aromatic carbocycles. The number of amides is 1. The van der Waals surface area contributed by atoms with Crippen LogP contribution in [0.1, 0.15) is 44.6 Å². The molecule has 32 heavy (non-hydrogen) atoms. The van der Waals surface area contributed by atoms with E-state index >= 15 is 0 Å². The van der Waals surface area contributed by atoms with Crippen molar-refractivity contribution < 1.29 is 4.79 Å². The molecule has 1 saturated carbocycles. The molecule has 1 aliphatic carbocycles. The quantitative estimate of drug-likeness (QED) is 0.470. The number of para-hydroxylation sites is 1. The summed E-state index contributed by atoms with van der Waals surface area (Å²) in [7, 11) is 0. The average molecular weight is 448 g/mol. The first-order valence-electron chi connectivity index (χ1n) is 10.8. The maximum atomic E-state index is 13.3. The molecular weight excluding hydrogens is 422 g/mol. The molecule has 0 aliphatic heterocycles. The highest BCUT2D eigenvalue weighted by Gasteiger charge is 2.35. The number of nitrogens with zero attached hydrogens (tertiary/aromatic N) is 4. The lowest BCUT2D eigenvalue weighted by Crippen LogP contribution is -2.51. The van der Waals surface area contributed by atoms with E-state index in [2.05, 4.69) is 21.4 Å². The largest absolute Gasteiger partial charge is 0.337 e. The van der Waals surface area contributed by atoms with Gasteiger partial charge >= 0.3 is 0 Å². The molecule has 4 rings (SSSR count). The second kappa shape index (κ2) is 9.13. The predicted octanol–water partition coefficient (Wildman–Crippen LogP) is 3.91. The third kappa shape index (κ3) is 4.39. The zero-order valence-electron chi connectivity index (χ0n) is 18.2. The van der Waals surface area contributed by atoms with Gasteiger partial charge in [-0.3, -0.25) is 9.59 Å². The van der Waals surface area contributed by atoms with Crippen LogP contribution in [-0.2, 0) is 4.79 Å². The van der Waals surface area contributed by atoms with Crippen LogP contribution in [0, 0.1) is 18.3 Å². The normalized spacial score (nSPS) is 16.3. The molecule has 1 unspecified atom stereocenters. The number of nitriles is 1. The number of aromatic nitrogens is 3. The summed E-state index contributed by atoms with van der Waals surface area (Å²) in [5.41, 5.74) is 0.505. The van der Waals surface area contributed by atoms with Gasteiger partial charge in [0, 0.05) is 6.20 Å². The number of aryl methyl sites for hydroxylation is 1. The molecule has 0 saturated heterocycles. The summed E-state index contributed by atoms with van der Waals surface area (Å²) < 4.78 is 1.46. The van der Waals surface area contributed by atoms with Gasteiger partial charge in [0.15, 0.2) is 5.16 Å². The zero-order valence-corrected chi connectivity index (χ0v) is 19.0. The minimum Gasteiger partial charge on any atom is -0.337 e. The van der Waals surface area contributed by atoms with Gasteiger partial charge < -0.3 is 5.32 Å². The van der Waals surface area contributed by atoms with Crippen LogP contribution in [-0.4, -0.2) is 31.2 Å². The molecule has 0 spiro atoms. The average Bonchev–Trinajstić information content (AvgIpc) is 2.81. The number of carbonyl (C=O) groups is 1. The SMILES string of the molecule is Cc1ccc(-n2c(SC(C)C(=O)NC3(C#N)CCCCC3)nc3ccccc3c2=O)nc1. The third-order valence-corrected chi connectivity index (χ3v) is 6.86. The van der Waals surface area contributed by atoms with Gasteiger partial charge in [0.25, 0.3) is 5.56 Å². The van der Waals surface area contributed by atoms with E-state index in [1.54, 1.807) is 37.4 Å². The highest BCUT2D eigenvalue weighted by molar-refractivity contribution is 8.00. The molecule has 7 nitrogen and oxygen atoms in total. The number of rotatable bonds is 5. The van der Waals surface area contributed by atoms with Crippen LogP contribution in [0.15, 0.2) is 52.5 Å². The number of fused-ring (bicyclic) bond motifs is 1. The molecule has 1 N–H and O–H groups in total. The van der Waals surface area contributed by atoms with E-state index < -0.39 is 10.8 Å². The van der Waals surface area contributed by atoms with Gasteiger partial charge in [-0.25, -0.2) is 14.5 Å². The van der Waals surface area contributed by atoms with Crippen molar-refractivity contribution in [2.24, 2.45) is 0 Å². The Morgan fingerprint density at radius 3 is 2.66 bits per heavy atom. The van der Waals surface area contributed by atoms with Crippen LogP contribution in [0.4, 0.5) is 0 Å². The molecule has 1 fully saturated rings. The first kappa shape index (κ1) is 22.0. The second-order valence-electron chi connectivity index (χ2n) is 8.25. The fraction of sp³-hybridized carbons (Fsp3) is 0.375. The fourth-order valence-corrected chi connectivity index (χ4v) is 4.87. The van der Waals surface area contributed by atoms with Gasteiger partial charge in [0.2, 0.25) is 5.91 Å². The van der Waals surface area contributed by atoms with Crippen LogP contribution in [0.5, 0.6) is 0 Å². The van der Waals surface area contributed by atoms with Crippen molar-refractivity contribution in [1.82, 2.24) is 19.9 Å². The smallest absolute Gasteiger partial charge is 0.267 e. The number of nitrogens with one attached hydrogen (secondary N) is 1. The van der Waals surface area contributed by atoms with E-state index in [0.717, 1.165) is 24.8 Å². The number of hydrogen-bond donors (Lipinski definition) is 1. The molecule has 8 heteroatoms. The molecule has 1 amide bonds. The minimum atomic E-state index is -0.806. The van der Waals surface area contributed by atoms with Crippen molar-refractivity contribution >= 4 is 28.6 Å². The molecule has 0 bridgehead atoms. The standard InChI is InChI=1S/C24H25N5O2S/c1-16-10-11-20(26-14-16)29-22(31)18-8-4-5-9-19(18)27-23(29)32-17(2)21(30)28-24(15-25)12-6-3-7-13-24/h4-5,8-11,14,17H,3,6-7,12-13H2,1-2H3,(H,28,30). The molecule has 3 aromatic rings. The minimum absolute atomic E-state index is 0.232. The first-order chi connectivity index (χ1) is 15.4. The lowest BCUT2D eigenvalue weighted by atomic mass is 9.83. The topological polar surface area (TPSA) is 101 Å². The maximum absolute atomic E-state index is 13.3. The number of carbonyl (C=O) groups excluding carboxylic acids is 1. The van der Waals surface area contributed by atoms with Crippen LogP contribution < -0.4 is 10.9 Å². The third-order valence-electron chi connectivity index (χ3n) is 5.80. The van der Waals surface area contributed by atoms with E-state index in [1.807, 2.05) is 19.1 Å². The molecule has 1 atom stereocenters. The number of thioether (sulfide) groups is 1. The summed E-state index contributed by atoms with van der Waals surface area (Å²) in [6.45, 7) is 3.69. The Balaban J connectivity index is 1.69. The molecule has 2 heterocycles. The Morgan fingerprint density at radius 1 is 1.22 bits per heavy atom. The van der Waals surface area contributed by atoms with Gasteiger partial charge in [0.1, 0.15) is 11.4 Å². The fourth-order valence-electron chi connectivity index (χ4n) is 3.95. The highest BCUT2D eigenvalue weighted by atomic mass is 32.2. The van der Waals surface area contributed by atoms with Crippen molar-refractivity contribution in [2.75, 3.05) is 0 Å². The highest BCUT2D eigenvalue weighted by Crippen LogP contribution is 2.29. The molecular formula is C24H25N5O2S. The van der Waals surface area contributed by atoms with Crippen molar-refractivity contribution in [3.63, 3.8) is 0 Å². The first-order valence-corrected chi connectivity index (χ1v) is 11.7. The number of benzene rings is 1. The lowest BCUT2D eigenvalue weighted by Gasteiger charge is -2.32. The van der Waals surface area contributed by atoms with Gasteiger partial charge in [-0.05, 0) is 50.5 Å². The number of hydrogen-bond acceptors (Lipinski definition) is 6. The summed E-state index contributed by atoms with van der Waals surface area (Å²) >= 11 is 1.19. The zero-order chi connectivity index (χ0) is 22.7. The summed E-state index contributed by atoms with van der Waals surface area (Å²) in [5, 5.41) is 13.0. The van der Waals surface area contributed by atoms with Crippen molar-refractivity contribution in [1.29, 1.82) is 5.26 Å². The summed E-state index contributed by atoms with van der Waals surface area (Å²) in [4.78, 5) is 35.4. The lowest BCUT2D eigenvalue weighted by molar-refractivity contribution is -0.121. The van der Waals surface area contributed by atoms with Gasteiger partial charge in [-0.1, -0.05) is 49.2 Å².